The fourth-order valence-electron chi connectivity index (χ4n) is 4.99. The lowest BCUT2D eigenvalue weighted by atomic mass is 9.90. The van der Waals surface area contributed by atoms with E-state index < -0.39 is 12.2 Å². The van der Waals surface area contributed by atoms with Gasteiger partial charge >= 0.3 is 0 Å². The van der Waals surface area contributed by atoms with E-state index in [4.69, 9.17) is 9.47 Å². The summed E-state index contributed by atoms with van der Waals surface area (Å²) in [4.78, 5) is 26.3. The molecule has 0 heterocycles. The fourth-order valence-corrected chi connectivity index (χ4v) is 4.99. The Morgan fingerprint density at radius 2 is 1.08 bits per heavy atom. The van der Waals surface area contributed by atoms with Crippen LogP contribution in [0.5, 0.6) is 11.5 Å². The zero-order valence-corrected chi connectivity index (χ0v) is 24.0. The van der Waals surface area contributed by atoms with Gasteiger partial charge in [-0.3, -0.25) is 9.59 Å². The number of hydrogen-bond acceptors (Lipinski definition) is 4. The highest BCUT2D eigenvalue weighted by atomic mass is 16.5. The predicted octanol–water partition coefficient (Wildman–Crippen LogP) is 6.49. The van der Waals surface area contributed by atoms with Crippen molar-refractivity contribution in [2.45, 2.75) is 116 Å². The molecule has 1 saturated carbocycles. The largest absolute Gasteiger partial charge is 0.481 e. The van der Waals surface area contributed by atoms with E-state index in [9.17, 15) is 9.59 Å². The van der Waals surface area contributed by atoms with Crippen molar-refractivity contribution in [3.8, 4) is 11.5 Å². The van der Waals surface area contributed by atoms with Gasteiger partial charge in [-0.05, 0) is 74.6 Å². The first-order chi connectivity index (χ1) is 18.2. The zero-order chi connectivity index (χ0) is 27.7. The molecule has 6 unspecified atom stereocenters. The highest BCUT2D eigenvalue weighted by Crippen LogP contribution is 2.30. The fraction of sp³-hybridized carbons (Fsp3) is 0.562. The summed E-state index contributed by atoms with van der Waals surface area (Å²) in [5, 5.41) is 6.32. The summed E-state index contributed by atoms with van der Waals surface area (Å²) in [7, 11) is 0. The molecule has 1 fully saturated rings. The maximum Gasteiger partial charge on any atom is 0.261 e. The molecule has 1 aliphatic rings. The van der Waals surface area contributed by atoms with Gasteiger partial charge in [0.15, 0.2) is 12.2 Å². The normalized spacial score (nSPS) is 20.5. The van der Waals surface area contributed by atoms with Crippen LogP contribution in [0.1, 0.15) is 103 Å². The minimum absolute atomic E-state index is 0.143. The van der Waals surface area contributed by atoms with E-state index in [0.717, 1.165) is 61.2 Å². The molecule has 6 atom stereocenters. The maximum atomic E-state index is 13.1. The lowest BCUT2D eigenvalue weighted by Gasteiger charge is -2.34. The molecule has 2 N–H and O–H groups in total. The smallest absolute Gasteiger partial charge is 0.261 e. The highest BCUT2D eigenvalue weighted by molar-refractivity contribution is 5.82. The molecule has 0 saturated heterocycles. The summed E-state index contributed by atoms with van der Waals surface area (Å²) in [6.45, 7) is 12.2. The number of para-hydroxylation sites is 2. The second-order valence-corrected chi connectivity index (χ2v) is 10.7. The number of rotatable bonds is 12. The first-order valence-corrected chi connectivity index (χ1v) is 14.4. The highest BCUT2D eigenvalue weighted by Gasteiger charge is 2.31. The Kier molecular flexibility index (Phi) is 11.1. The van der Waals surface area contributed by atoms with E-state index in [1.54, 1.807) is 13.8 Å². The van der Waals surface area contributed by atoms with Crippen LogP contribution in [-0.4, -0.2) is 36.1 Å². The second-order valence-electron chi connectivity index (χ2n) is 10.7. The van der Waals surface area contributed by atoms with E-state index in [0.29, 0.717) is 11.8 Å². The van der Waals surface area contributed by atoms with E-state index in [-0.39, 0.29) is 23.9 Å². The molecule has 2 aromatic carbocycles. The summed E-state index contributed by atoms with van der Waals surface area (Å²) in [6, 6.07) is 15.6. The second kappa shape index (κ2) is 14.2. The summed E-state index contributed by atoms with van der Waals surface area (Å²) in [5.41, 5.74) is 2.22. The van der Waals surface area contributed by atoms with Crippen LogP contribution in [-0.2, 0) is 9.59 Å². The monoisotopic (exact) mass is 522 g/mol. The van der Waals surface area contributed by atoms with Gasteiger partial charge in [0.1, 0.15) is 11.5 Å². The van der Waals surface area contributed by atoms with Crippen molar-refractivity contribution in [1.82, 2.24) is 10.6 Å². The Balaban J connectivity index is 1.60. The van der Waals surface area contributed by atoms with E-state index >= 15 is 0 Å². The van der Waals surface area contributed by atoms with Gasteiger partial charge in [-0.1, -0.05) is 76.9 Å². The number of hydrogen-bond donors (Lipinski definition) is 2. The molecular formula is C32H46N2O4. The Morgan fingerprint density at radius 3 is 1.45 bits per heavy atom. The molecule has 0 aliphatic heterocycles. The van der Waals surface area contributed by atoms with Crippen molar-refractivity contribution in [2.75, 3.05) is 0 Å². The third kappa shape index (κ3) is 7.75. The molecule has 2 aromatic rings. The SMILES string of the molecule is CCC(C)c1ccccc1OC(C)C(=O)NC1CCCCC1NC(=O)C(C)Oc1ccccc1C(C)CC. The minimum atomic E-state index is -0.641. The van der Waals surface area contributed by atoms with Crippen molar-refractivity contribution in [2.24, 2.45) is 0 Å². The molecule has 6 nitrogen and oxygen atoms in total. The number of ether oxygens (including phenoxy) is 2. The Hall–Kier alpha value is -3.02. The van der Waals surface area contributed by atoms with Crippen LogP contribution in [0.2, 0.25) is 0 Å². The molecule has 0 radical (unpaired) electrons. The average molecular weight is 523 g/mol. The number of amides is 2. The van der Waals surface area contributed by atoms with E-state index in [1.165, 1.54) is 0 Å². The van der Waals surface area contributed by atoms with Crippen molar-refractivity contribution < 1.29 is 19.1 Å². The van der Waals surface area contributed by atoms with Crippen LogP contribution in [0, 0.1) is 0 Å². The van der Waals surface area contributed by atoms with Gasteiger partial charge in [-0.25, -0.2) is 0 Å². The summed E-state index contributed by atoms with van der Waals surface area (Å²) >= 11 is 0. The molecule has 1 aliphatic carbocycles. The lowest BCUT2D eigenvalue weighted by molar-refractivity contribution is -0.131. The van der Waals surface area contributed by atoms with Crippen LogP contribution in [0.25, 0.3) is 0 Å². The number of carbonyl (C=O) groups excluding carboxylic acids is 2. The van der Waals surface area contributed by atoms with Gasteiger partial charge < -0.3 is 20.1 Å². The van der Waals surface area contributed by atoms with Crippen molar-refractivity contribution >= 4 is 11.8 Å². The van der Waals surface area contributed by atoms with Crippen molar-refractivity contribution in [1.29, 1.82) is 0 Å². The third-order valence-electron chi connectivity index (χ3n) is 7.89. The van der Waals surface area contributed by atoms with Crippen LogP contribution in [0.4, 0.5) is 0 Å². The molecule has 38 heavy (non-hydrogen) atoms. The average Bonchev–Trinajstić information content (AvgIpc) is 2.93. The van der Waals surface area contributed by atoms with Gasteiger partial charge in [0.2, 0.25) is 0 Å². The summed E-state index contributed by atoms with van der Waals surface area (Å²) < 4.78 is 12.2. The van der Waals surface area contributed by atoms with Gasteiger partial charge in [0.05, 0.1) is 0 Å². The van der Waals surface area contributed by atoms with Crippen molar-refractivity contribution in [3.63, 3.8) is 0 Å². The third-order valence-corrected chi connectivity index (χ3v) is 7.89. The van der Waals surface area contributed by atoms with E-state index in [2.05, 4.69) is 50.5 Å². The lowest BCUT2D eigenvalue weighted by Crippen LogP contribution is -2.56. The van der Waals surface area contributed by atoms with Crippen LogP contribution in [0.15, 0.2) is 48.5 Å². The molecule has 0 spiro atoms. The molecule has 0 aromatic heterocycles. The standard InChI is InChI=1S/C32H46N2O4/c1-7-21(3)25-15-9-13-19-29(25)37-23(5)31(35)33-27-17-11-12-18-28(27)34-32(36)24(6)38-30-20-14-10-16-26(30)22(4)8-2/h9-10,13-16,19-24,27-28H,7-8,11-12,17-18H2,1-6H3,(H,33,35)(H,34,36). The van der Waals surface area contributed by atoms with E-state index in [1.807, 2.05) is 36.4 Å². The minimum Gasteiger partial charge on any atom is -0.481 e. The topological polar surface area (TPSA) is 76.7 Å². The maximum absolute atomic E-state index is 13.1. The first kappa shape index (κ1) is 29.5. The van der Waals surface area contributed by atoms with Crippen LogP contribution < -0.4 is 20.1 Å². The number of benzene rings is 2. The molecule has 208 valence electrons. The molecule has 3 rings (SSSR count). The van der Waals surface area contributed by atoms with Gasteiger partial charge in [0.25, 0.3) is 11.8 Å². The first-order valence-electron chi connectivity index (χ1n) is 14.4. The van der Waals surface area contributed by atoms with Gasteiger partial charge in [-0.15, -0.1) is 0 Å². The molecule has 2 amide bonds. The predicted molar refractivity (Wildman–Crippen MR) is 153 cm³/mol. The molecular weight excluding hydrogens is 476 g/mol. The Morgan fingerprint density at radius 1 is 0.711 bits per heavy atom. The van der Waals surface area contributed by atoms with Crippen molar-refractivity contribution in [3.05, 3.63) is 59.7 Å². The Labute approximate surface area is 228 Å². The number of carbonyl (C=O) groups is 2. The van der Waals surface area contributed by atoms with Crippen LogP contribution >= 0.6 is 0 Å². The Bertz CT molecular complexity index is 972. The zero-order valence-electron chi connectivity index (χ0n) is 24.0. The molecule has 6 heteroatoms. The quantitative estimate of drug-likeness (QED) is 0.334. The van der Waals surface area contributed by atoms with Crippen LogP contribution in [0.3, 0.4) is 0 Å². The van der Waals surface area contributed by atoms with Gasteiger partial charge in [-0.2, -0.15) is 0 Å². The number of nitrogens with one attached hydrogen (secondary N) is 2. The summed E-state index contributed by atoms with van der Waals surface area (Å²) in [6.07, 6.45) is 4.37. The summed E-state index contributed by atoms with van der Waals surface area (Å²) in [5.74, 6) is 1.87. The molecule has 0 bridgehead atoms. The van der Waals surface area contributed by atoms with Gasteiger partial charge in [0, 0.05) is 12.1 Å².